The number of esters is 1. The van der Waals surface area contributed by atoms with E-state index in [1.807, 2.05) is 0 Å². The van der Waals surface area contributed by atoms with Crippen molar-refractivity contribution in [3.8, 4) is 0 Å². The molecule has 3 rings (SSSR count). The Labute approximate surface area is 177 Å². The summed E-state index contributed by atoms with van der Waals surface area (Å²) in [6.07, 6.45) is 0. The zero-order chi connectivity index (χ0) is 22.8. The molecule has 0 radical (unpaired) electrons. The Bertz CT molecular complexity index is 1180. The molecule has 11 nitrogen and oxygen atoms in total. The van der Waals surface area contributed by atoms with Gasteiger partial charge >= 0.3 is 5.97 Å². The second-order valence-electron chi connectivity index (χ2n) is 6.48. The number of sulfonamides is 2. The van der Waals surface area contributed by atoms with E-state index >= 15 is 0 Å². The lowest BCUT2D eigenvalue weighted by Crippen LogP contribution is -2.51. The van der Waals surface area contributed by atoms with Crippen LogP contribution in [-0.4, -0.2) is 70.7 Å². The topological polar surface area (TPSA) is 157 Å². The van der Waals surface area contributed by atoms with Crippen LogP contribution in [-0.2, 0) is 29.6 Å². The predicted octanol–water partition coefficient (Wildman–Crippen LogP) is -0.244. The summed E-state index contributed by atoms with van der Waals surface area (Å²) in [6.45, 7) is -0.500. The van der Waals surface area contributed by atoms with Crippen LogP contribution in [0.25, 0.3) is 0 Å². The standard InChI is InChI=1S/C17H18FN3O8S2/c18-12-1-3-13(4-2-12)31(26,27)21-9-7-20(8-10-21)15(22)11-28-17(23)14-5-6-16(29-14)30(19,24)25/h1-6H,7-11H2,(H2,19,24,25). The number of carbonyl (C=O) groups is 2. The fourth-order valence-electron chi connectivity index (χ4n) is 2.81. The summed E-state index contributed by atoms with van der Waals surface area (Å²) >= 11 is 0. The molecule has 1 aliphatic rings. The maximum Gasteiger partial charge on any atom is 0.374 e. The first kappa shape index (κ1) is 22.9. The molecule has 0 saturated carbocycles. The van der Waals surface area contributed by atoms with Crippen molar-refractivity contribution >= 4 is 31.9 Å². The molecule has 31 heavy (non-hydrogen) atoms. The average molecular weight is 475 g/mol. The van der Waals surface area contributed by atoms with E-state index in [-0.39, 0.29) is 31.1 Å². The van der Waals surface area contributed by atoms with Crippen LogP contribution in [0, 0.1) is 5.82 Å². The monoisotopic (exact) mass is 475 g/mol. The van der Waals surface area contributed by atoms with Crippen LogP contribution < -0.4 is 5.14 Å². The number of furan rings is 1. The zero-order valence-electron chi connectivity index (χ0n) is 15.9. The third-order valence-electron chi connectivity index (χ3n) is 4.43. The van der Waals surface area contributed by atoms with Crippen LogP contribution in [0.3, 0.4) is 0 Å². The second kappa shape index (κ2) is 8.74. The number of hydrogen-bond acceptors (Lipinski definition) is 8. The fraction of sp³-hybridized carbons (Fsp3) is 0.294. The molecular formula is C17H18FN3O8S2. The first-order chi connectivity index (χ1) is 14.5. The van der Waals surface area contributed by atoms with Gasteiger partial charge in [-0.1, -0.05) is 0 Å². The molecule has 1 aliphatic heterocycles. The molecular weight excluding hydrogens is 457 g/mol. The van der Waals surface area contributed by atoms with Crippen molar-refractivity contribution in [3.63, 3.8) is 0 Å². The van der Waals surface area contributed by atoms with Crippen LogP contribution in [0.5, 0.6) is 0 Å². The van der Waals surface area contributed by atoms with Crippen LogP contribution in [0.15, 0.2) is 50.8 Å². The molecule has 0 aliphatic carbocycles. The smallest absolute Gasteiger partial charge is 0.374 e. The summed E-state index contributed by atoms with van der Waals surface area (Å²) in [7, 11) is -7.95. The molecule has 1 amide bonds. The molecule has 1 aromatic carbocycles. The van der Waals surface area contributed by atoms with E-state index in [4.69, 9.17) is 14.3 Å². The molecule has 2 aromatic rings. The summed E-state index contributed by atoms with van der Waals surface area (Å²) in [5, 5.41) is 4.26. The number of amides is 1. The number of carbonyl (C=O) groups excluding carboxylic acids is 2. The van der Waals surface area contributed by atoms with Crippen molar-refractivity contribution in [2.75, 3.05) is 32.8 Å². The molecule has 0 atom stereocenters. The quantitative estimate of drug-likeness (QED) is 0.561. The highest BCUT2D eigenvalue weighted by Crippen LogP contribution is 2.18. The Kier molecular flexibility index (Phi) is 6.45. The summed E-state index contributed by atoms with van der Waals surface area (Å²) in [6, 6.07) is 6.45. The van der Waals surface area contributed by atoms with Crippen molar-refractivity contribution in [2.45, 2.75) is 9.99 Å². The number of piperazine rings is 1. The average Bonchev–Trinajstić information content (AvgIpc) is 3.23. The SMILES string of the molecule is NS(=O)(=O)c1ccc(C(=O)OCC(=O)N2CCN(S(=O)(=O)c3ccc(F)cc3)CC2)o1. The van der Waals surface area contributed by atoms with Crippen molar-refractivity contribution in [1.29, 1.82) is 0 Å². The van der Waals surface area contributed by atoms with Crippen molar-refractivity contribution in [2.24, 2.45) is 5.14 Å². The van der Waals surface area contributed by atoms with Gasteiger partial charge in [0.15, 0.2) is 6.61 Å². The molecule has 1 fully saturated rings. The van der Waals surface area contributed by atoms with Crippen LogP contribution >= 0.6 is 0 Å². The van der Waals surface area contributed by atoms with Crippen molar-refractivity contribution in [1.82, 2.24) is 9.21 Å². The van der Waals surface area contributed by atoms with Gasteiger partial charge in [0.1, 0.15) is 5.82 Å². The number of rotatable bonds is 6. The van der Waals surface area contributed by atoms with E-state index in [0.29, 0.717) is 0 Å². The highest BCUT2D eigenvalue weighted by atomic mass is 32.2. The zero-order valence-corrected chi connectivity index (χ0v) is 17.6. The number of nitrogens with zero attached hydrogens (tertiary/aromatic N) is 2. The molecule has 168 valence electrons. The molecule has 0 bridgehead atoms. The van der Waals surface area contributed by atoms with E-state index in [1.54, 1.807) is 0 Å². The lowest BCUT2D eigenvalue weighted by Gasteiger charge is -2.33. The van der Waals surface area contributed by atoms with Crippen LogP contribution in [0.4, 0.5) is 4.39 Å². The molecule has 0 spiro atoms. The molecule has 14 heteroatoms. The Morgan fingerprint density at radius 1 is 1.00 bits per heavy atom. The number of ether oxygens (including phenoxy) is 1. The lowest BCUT2D eigenvalue weighted by atomic mass is 10.3. The van der Waals surface area contributed by atoms with Gasteiger partial charge in [0.05, 0.1) is 4.90 Å². The number of benzene rings is 1. The Morgan fingerprint density at radius 2 is 1.61 bits per heavy atom. The minimum absolute atomic E-state index is 0.00923. The van der Waals surface area contributed by atoms with Crippen LogP contribution in [0.1, 0.15) is 10.6 Å². The summed E-state index contributed by atoms with van der Waals surface area (Å²) in [5.41, 5.74) is 0. The molecule has 2 N–H and O–H groups in total. The molecule has 1 aromatic heterocycles. The Morgan fingerprint density at radius 3 is 2.16 bits per heavy atom. The van der Waals surface area contributed by atoms with E-state index < -0.39 is 55.2 Å². The predicted molar refractivity (Wildman–Crippen MR) is 102 cm³/mol. The second-order valence-corrected chi connectivity index (χ2v) is 9.91. The van der Waals surface area contributed by atoms with Crippen LogP contribution in [0.2, 0.25) is 0 Å². The number of primary sulfonamides is 1. The van der Waals surface area contributed by atoms with E-state index in [9.17, 15) is 30.8 Å². The molecule has 2 heterocycles. The van der Waals surface area contributed by atoms with E-state index in [0.717, 1.165) is 36.4 Å². The largest absolute Gasteiger partial charge is 0.450 e. The van der Waals surface area contributed by atoms with E-state index in [2.05, 4.69) is 0 Å². The maximum atomic E-state index is 13.0. The number of halogens is 1. The first-order valence-electron chi connectivity index (χ1n) is 8.82. The highest BCUT2D eigenvalue weighted by Gasteiger charge is 2.30. The third-order valence-corrected chi connectivity index (χ3v) is 7.13. The van der Waals surface area contributed by atoms with Gasteiger partial charge in [-0.2, -0.15) is 4.31 Å². The third kappa shape index (κ3) is 5.28. The van der Waals surface area contributed by atoms with Crippen molar-refractivity contribution in [3.05, 3.63) is 48.0 Å². The normalized spacial score (nSPS) is 15.6. The van der Waals surface area contributed by atoms with Gasteiger partial charge in [0.25, 0.3) is 15.9 Å². The molecule has 0 unspecified atom stereocenters. The van der Waals surface area contributed by atoms with Gasteiger partial charge in [0, 0.05) is 26.2 Å². The van der Waals surface area contributed by atoms with Gasteiger partial charge in [-0.25, -0.2) is 31.2 Å². The minimum Gasteiger partial charge on any atom is -0.450 e. The number of nitrogens with two attached hydrogens (primary N) is 1. The summed E-state index contributed by atoms with van der Waals surface area (Å²) in [4.78, 5) is 25.4. The first-order valence-corrected chi connectivity index (χ1v) is 11.8. The van der Waals surface area contributed by atoms with Gasteiger partial charge < -0.3 is 14.1 Å². The number of hydrogen-bond donors (Lipinski definition) is 1. The van der Waals surface area contributed by atoms with Crippen molar-refractivity contribution < 1.29 is 40.0 Å². The van der Waals surface area contributed by atoms with Gasteiger partial charge in [-0.05, 0) is 36.4 Å². The highest BCUT2D eigenvalue weighted by molar-refractivity contribution is 7.89. The fourth-order valence-corrected chi connectivity index (χ4v) is 4.69. The van der Waals surface area contributed by atoms with E-state index in [1.165, 1.54) is 9.21 Å². The van der Waals surface area contributed by atoms with Gasteiger partial charge in [0.2, 0.25) is 20.9 Å². The molecule has 1 saturated heterocycles. The van der Waals surface area contributed by atoms with Gasteiger partial charge in [-0.15, -0.1) is 0 Å². The Balaban J connectivity index is 1.53. The summed E-state index contributed by atoms with van der Waals surface area (Å²) < 4.78 is 71.3. The minimum atomic E-state index is -4.13. The lowest BCUT2D eigenvalue weighted by molar-refractivity contribution is -0.135. The Hall–Kier alpha value is -2.81. The summed E-state index contributed by atoms with van der Waals surface area (Å²) in [5.74, 6) is -2.61. The maximum absolute atomic E-state index is 13.0. The van der Waals surface area contributed by atoms with Gasteiger partial charge in [-0.3, -0.25) is 4.79 Å².